The van der Waals surface area contributed by atoms with Gasteiger partial charge in [0.25, 0.3) is 0 Å². The number of hydrogen-bond acceptors (Lipinski definition) is 2. The minimum atomic E-state index is 0.397. The van der Waals surface area contributed by atoms with Gasteiger partial charge in [-0.05, 0) is 31.4 Å². The lowest BCUT2D eigenvalue weighted by molar-refractivity contribution is 0.333. The maximum absolute atomic E-state index is 4.21. The summed E-state index contributed by atoms with van der Waals surface area (Å²) in [5, 5.41) is 7.56. The highest BCUT2D eigenvalue weighted by atomic mass is 15.3. The number of hydrogen-bond donors (Lipinski definition) is 1. The molecule has 0 aliphatic rings. The van der Waals surface area contributed by atoms with E-state index in [1.807, 2.05) is 25.0 Å². The minimum Gasteiger partial charge on any atom is -0.312 e. The third-order valence-electron chi connectivity index (χ3n) is 2.75. The van der Waals surface area contributed by atoms with Gasteiger partial charge in [0.05, 0.1) is 5.69 Å². The zero-order valence-electron chi connectivity index (χ0n) is 10.5. The molecule has 0 radical (unpaired) electrons. The van der Waals surface area contributed by atoms with Crippen LogP contribution in [0.15, 0.2) is 12.3 Å². The van der Waals surface area contributed by atoms with Crippen LogP contribution in [0.4, 0.5) is 0 Å². The summed E-state index contributed by atoms with van der Waals surface area (Å²) in [5.74, 6) is 0. The smallest absolute Gasteiger partial charge is 0.0550 e. The van der Waals surface area contributed by atoms with Crippen molar-refractivity contribution in [2.45, 2.75) is 39.7 Å². The first-order valence-electron chi connectivity index (χ1n) is 5.59. The maximum atomic E-state index is 4.21. The van der Waals surface area contributed by atoms with E-state index < -0.39 is 0 Å². The Morgan fingerprint density at radius 1 is 1.47 bits per heavy atom. The van der Waals surface area contributed by atoms with Gasteiger partial charge in [0.2, 0.25) is 0 Å². The molecule has 86 valence electrons. The Morgan fingerprint density at radius 2 is 2.13 bits per heavy atom. The number of aryl methyl sites for hydroxylation is 1. The summed E-state index contributed by atoms with van der Waals surface area (Å²) >= 11 is 0. The molecule has 0 amide bonds. The van der Waals surface area contributed by atoms with Crippen molar-refractivity contribution in [3.05, 3.63) is 18.0 Å². The number of nitrogens with zero attached hydrogens (tertiary/aromatic N) is 2. The molecule has 0 fully saturated rings. The fourth-order valence-corrected chi connectivity index (χ4v) is 1.74. The Kier molecular flexibility index (Phi) is 3.91. The zero-order valence-corrected chi connectivity index (χ0v) is 10.5. The summed E-state index contributed by atoms with van der Waals surface area (Å²) in [6, 6.07) is 2.50. The van der Waals surface area contributed by atoms with Crippen LogP contribution in [0.2, 0.25) is 0 Å². The predicted octanol–water partition coefficient (Wildman–Crippen LogP) is 2.51. The van der Waals surface area contributed by atoms with Crippen LogP contribution < -0.4 is 5.32 Å². The lowest BCUT2D eigenvalue weighted by atomic mass is 9.88. The molecule has 0 spiro atoms. The van der Waals surface area contributed by atoms with Gasteiger partial charge in [-0.1, -0.05) is 20.8 Å². The molecule has 3 heteroatoms. The second-order valence-electron chi connectivity index (χ2n) is 5.32. The molecule has 0 bridgehead atoms. The van der Waals surface area contributed by atoms with Crippen molar-refractivity contribution in [2.24, 2.45) is 12.5 Å². The molecule has 1 N–H and O–H groups in total. The van der Waals surface area contributed by atoms with Gasteiger partial charge < -0.3 is 5.32 Å². The normalized spacial score (nSPS) is 14.2. The van der Waals surface area contributed by atoms with E-state index in [1.54, 1.807) is 0 Å². The van der Waals surface area contributed by atoms with Crippen molar-refractivity contribution in [3.63, 3.8) is 0 Å². The molecule has 0 aliphatic heterocycles. The first kappa shape index (κ1) is 12.2. The second kappa shape index (κ2) is 4.79. The van der Waals surface area contributed by atoms with Gasteiger partial charge in [0.15, 0.2) is 0 Å². The van der Waals surface area contributed by atoms with Crippen LogP contribution in [0.25, 0.3) is 0 Å². The Morgan fingerprint density at radius 3 is 2.53 bits per heavy atom. The fraction of sp³-hybridized carbons (Fsp3) is 0.750. The quantitative estimate of drug-likeness (QED) is 0.825. The van der Waals surface area contributed by atoms with Crippen LogP contribution in [0.3, 0.4) is 0 Å². The summed E-state index contributed by atoms with van der Waals surface area (Å²) < 4.78 is 1.95. The molecular weight excluding hydrogens is 186 g/mol. The average Bonchev–Trinajstić information content (AvgIpc) is 2.52. The molecule has 0 saturated heterocycles. The Balaban J connectivity index is 2.61. The fourth-order valence-electron chi connectivity index (χ4n) is 1.74. The summed E-state index contributed by atoms with van der Waals surface area (Å²) in [7, 11) is 4.01. The van der Waals surface area contributed by atoms with Crippen molar-refractivity contribution in [2.75, 3.05) is 7.05 Å². The van der Waals surface area contributed by atoms with Gasteiger partial charge in [0.1, 0.15) is 0 Å². The molecule has 1 atom stereocenters. The van der Waals surface area contributed by atoms with Crippen molar-refractivity contribution in [1.29, 1.82) is 0 Å². The lowest BCUT2D eigenvalue weighted by Gasteiger charge is -2.23. The molecule has 1 heterocycles. The summed E-state index contributed by atoms with van der Waals surface area (Å²) in [5.41, 5.74) is 1.66. The monoisotopic (exact) mass is 209 g/mol. The SMILES string of the molecule is CNC(CCC(C)(C)C)c1ccnn1C. The van der Waals surface area contributed by atoms with Crippen molar-refractivity contribution in [3.8, 4) is 0 Å². The zero-order chi connectivity index (χ0) is 11.5. The van der Waals surface area contributed by atoms with Crippen LogP contribution in [0, 0.1) is 5.41 Å². The van der Waals surface area contributed by atoms with E-state index in [0.29, 0.717) is 11.5 Å². The van der Waals surface area contributed by atoms with E-state index in [2.05, 4.69) is 37.3 Å². The first-order valence-corrected chi connectivity index (χ1v) is 5.59. The van der Waals surface area contributed by atoms with Crippen molar-refractivity contribution < 1.29 is 0 Å². The summed E-state index contributed by atoms with van der Waals surface area (Å²) in [6.07, 6.45) is 4.22. The molecule has 15 heavy (non-hydrogen) atoms. The highest BCUT2D eigenvalue weighted by molar-refractivity contribution is 5.06. The largest absolute Gasteiger partial charge is 0.312 e. The summed E-state index contributed by atoms with van der Waals surface area (Å²) in [6.45, 7) is 6.84. The third kappa shape index (κ3) is 3.67. The van der Waals surface area contributed by atoms with Crippen molar-refractivity contribution >= 4 is 0 Å². The highest BCUT2D eigenvalue weighted by Crippen LogP contribution is 2.26. The van der Waals surface area contributed by atoms with Gasteiger partial charge in [-0.2, -0.15) is 5.10 Å². The van der Waals surface area contributed by atoms with E-state index in [1.165, 1.54) is 12.1 Å². The van der Waals surface area contributed by atoms with Gasteiger partial charge in [-0.3, -0.25) is 4.68 Å². The molecule has 0 aliphatic carbocycles. The Labute approximate surface area is 92.9 Å². The Hall–Kier alpha value is -0.830. The molecule has 1 aromatic rings. The van der Waals surface area contributed by atoms with Crippen LogP contribution in [0.1, 0.15) is 45.3 Å². The molecule has 0 saturated carbocycles. The van der Waals surface area contributed by atoms with Crippen LogP contribution >= 0.6 is 0 Å². The standard InChI is InChI=1S/C12H23N3/c1-12(2,3)8-6-10(13-4)11-7-9-14-15(11)5/h7,9-10,13H,6,8H2,1-5H3. The number of nitrogens with one attached hydrogen (secondary N) is 1. The third-order valence-corrected chi connectivity index (χ3v) is 2.75. The van der Waals surface area contributed by atoms with Gasteiger partial charge in [0, 0.05) is 19.3 Å². The Bertz CT molecular complexity index is 296. The summed E-state index contributed by atoms with van der Waals surface area (Å²) in [4.78, 5) is 0. The first-order chi connectivity index (χ1) is 6.94. The van der Waals surface area contributed by atoms with Crippen LogP contribution in [-0.2, 0) is 7.05 Å². The van der Waals surface area contributed by atoms with E-state index >= 15 is 0 Å². The molecule has 1 aromatic heterocycles. The van der Waals surface area contributed by atoms with Crippen LogP contribution in [-0.4, -0.2) is 16.8 Å². The predicted molar refractivity (Wildman–Crippen MR) is 63.7 cm³/mol. The van der Waals surface area contributed by atoms with Crippen molar-refractivity contribution in [1.82, 2.24) is 15.1 Å². The second-order valence-corrected chi connectivity index (χ2v) is 5.32. The van der Waals surface area contributed by atoms with Gasteiger partial charge in [-0.15, -0.1) is 0 Å². The van der Waals surface area contributed by atoms with Gasteiger partial charge in [-0.25, -0.2) is 0 Å². The van der Waals surface area contributed by atoms with E-state index in [4.69, 9.17) is 0 Å². The highest BCUT2D eigenvalue weighted by Gasteiger charge is 2.17. The average molecular weight is 209 g/mol. The van der Waals surface area contributed by atoms with E-state index in [9.17, 15) is 0 Å². The molecule has 0 aromatic carbocycles. The molecule has 1 rings (SSSR count). The maximum Gasteiger partial charge on any atom is 0.0550 e. The van der Waals surface area contributed by atoms with Gasteiger partial charge >= 0.3 is 0 Å². The lowest BCUT2D eigenvalue weighted by Crippen LogP contribution is -2.21. The number of rotatable bonds is 4. The minimum absolute atomic E-state index is 0.397. The van der Waals surface area contributed by atoms with Crippen LogP contribution in [0.5, 0.6) is 0 Å². The molecular formula is C12H23N3. The van der Waals surface area contributed by atoms with E-state index in [0.717, 1.165) is 6.42 Å². The number of aromatic nitrogens is 2. The molecule has 3 nitrogen and oxygen atoms in total. The van der Waals surface area contributed by atoms with E-state index in [-0.39, 0.29) is 0 Å². The molecule has 1 unspecified atom stereocenters. The topological polar surface area (TPSA) is 29.9 Å².